The molecule has 2 rings (SSSR count). The average Bonchev–Trinajstić information content (AvgIpc) is 2.91. The quantitative estimate of drug-likeness (QED) is 0.794. The minimum Gasteiger partial charge on any atom is -0.480 e. The van der Waals surface area contributed by atoms with E-state index in [9.17, 15) is 22.8 Å². The van der Waals surface area contributed by atoms with Gasteiger partial charge in [0.25, 0.3) is 0 Å². The van der Waals surface area contributed by atoms with Crippen LogP contribution in [-0.2, 0) is 22.6 Å². The van der Waals surface area contributed by atoms with Crippen molar-refractivity contribution in [3.05, 3.63) is 42.2 Å². The SMILES string of the molecule is O=C(O)Cn1cc(NC(=O)CCc2ccc(OC(F)(F)F)cc2)cn1. The third-order valence-corrected chi connectivity index (χ3v) is 3.01. The molecule has 0 radical (unpaired) electrons. The van der Waals surface area contributed by atoms with Crippen molar-refractivity contribution >= 4 is 17.6 Å². The van der Waals surface area contributed by atoms with Gasteiger partial charge in [-0.15, -0.1) is 13.2 Å². The van der Waals surface area contributed by atoms with E-state index in [0.717, 1.165) is 4.68 Å². The number of rotatable bonds is 7. The summed E-state index contributed by atoms with van der Waals surface area (Å²) >= 11 is 0. The molecule has 0 aliphatic rings. The first-order valence-electron chi connectivity index (χ1n) is 7.10. The van der Waals surface area contributed by atoms with E-state index in [1.165, 1.54) is 36.7 Å². The summed E-state index contributed by atoms with van der Waals surface area (Å²) in [7, 11) is 0. The first-order valence-corrected chi connectivity index (χ1v) is 7.10. The number of amides is 1. The van der Waals surface area contributed by atoms with Gasteiger partial charge >= 0.3 is 12.3 Å². The Bertz CT molecular complexity index is 741. The molecule has 10 heteroatoms. The summed E-state index contributed by atoms with van der Waals surface area (Å²) in [5.41, 5.74) is 1.03. The van der Waals surface area contributed by atoms with E-state index < -0.39 is 12.3 Å². The number of nitrogens with one attached hydrogen (secondary N) is 1. The van der Waals surface area contributed by atoms with Crippen molar-refractivity contribution in [3.8, 4) is 5.75 Å². The van der Waals surface area contributed by atoms with E-state index >= 15 is 0 Å². The Kier molecular flexibility index (Phi) is 5.63. The third-order valence-electron chi connectivity index (χ3n) is 3.01. The number of aliphatic carboxylic acids is 1. The Morgan fingerprint density at radius 2 is 1.92 bits per heavy atom. The number of halogens is 3. The molecule has 1 heterocycles. The molecule has 1 aromatic carbocycles. The molecule has 0 aliphatic carbocycles. The molecule has 0 unspecified atom stereocenters. The Hall–Kier alpha value is -3.04. The van der Waals surface area contributed by atoms with Crippen LogP contribution >= 0.6 is 0 Å². The Balaban J connectivity index is 1.81. The van der Waals surface area contributed by atoms with Gasteiger partial charge in [0.05, 0.1) is 11.9 Å². The summed E-state index contributed by atoms with van der Waals surface area (Å²) in [6, 6.07) is 5.24. The van der Waals surface area contributed by atoms with Crippen LogP contribution < -0.4 is 10.1 Å². The van der Waals surface area contributed by atoms with Crippen LogP contribution in [0, 0.1) is 0 Å². The summed E-state index contributed by atoms with van der Waals surface area (Å²) in [4.78, 5) is 22.4. The van der Waals surface area contributed by atoms with Crippen molar-refractivity contribution in [2.75, 3.05) is 5.32 Å². The number of carboxylic acids is 1. The summed E-state index contributed by atoms with van der Waals surface area (Å²) in [6.45, 7) is -0.317. The van der Waals surface area contributed by atoms with Crippen LogP contribution in [0.2, 0.25) is 0 Å². The van der Waals surface area contributed by atoms with Crippen molar-refractivity contribution in [2.45, 2.75) is 25.7 Å². The largest absolute Gasteiger partial charge is 0.573 e. The van der Waals surface area contributed by atoms with Crippen molar-refractivity contribution < 1.29 is 32.6 Å². The van der Waals surface area contributed by atoms with Gasteiger partial charge < -0.3 is 15.2 Å². The van der Waals surface area contributed by atoms with Crippen molar-refractivity contribution in [3.63, 3.8) is 0 Å². The zero-order valence-corrected chi connectivity index (χ0v) is 12.8. The van der Waals surface area contributed by atoms with E-state index in [1.807, 2.05) is 0 Å². The highest BCUT2D eigenvalue weighted by Gasteiger charge is 2.30. The second-order valence-electron chi connectivity index (χ2n) is 5.06. The fourth-order valence-corrected chi connectivity index (χ4v) is 1.99. The Morgan fingerprint density at radius 3 is 2.52 bits per heavy atom. The van der Waals surface area contributed by atoms with Crippen molar-refractivity contribution in [1.82, 2.24) is 9.78 Å². The molecule has 134 valence electrons. The zero-order chi connectivity index (χ0) is 18.4. The highest BCUT2D eigenvalue weighted by atomic mass is 19.4. The number of hydrogen-bond acceptors (Lipinski definition) is 4. The normalized spacial score (nSPS) is 11.2. The summed E-state index contributed by atoms with van der Waals surface area (Å²) in [5.74, 6) is -1.71. The van der Waals surface area contributed by atoms with Crippen LogP contribution in [0.15, 0.2) is 36.7 Å². The molecule has 0 bridgehead atoms. The van der Waals surface area contributed by atoms with E-state index in [-0.39, 0.29) is 24.6 Å². The van der Waals surface area contributed by atoms with Crippen molar-refractivity contribution in [2.24, 2.45) is 0 Å². The van der Waals surface area contributed by atoms with Crippen LogP contribution in [-0.4, -0.2) is 33.1 Å². The number of alkyl halides is 3. The molecule has 25 heavy (non-hydrogen) atoms. The monoisotopic (exact) mass is 357 g/mol. The molecule has 0 spiro atoms. The van der Waals surface area contributed by atoms with Crippen LogP contribution in [0.3, 0.4) is 0 Å². The van der Waals surface area contributed by atoms with Crippen LogP contribution in [0.25, 0.3) is 0 Å². The number of carbonyl (C=O) groups is 2. The number of carboxylic acid groups (broad SMARTS) is 1. The number of nitrogens with zero attached hydrogens (tertiary/aromatic N) is 2. The maximum absolute atomic E-state index is 12.1. The predicted molar refractivity (Wildman–Crippen MR) is 79.9 cm³/mol. The summed E-state index contributed by atoms with van der Waals surface area (Å²) < 4.78 is 41.1. The Labute approximate surface area is 140 Å². The number of aromatic nitrogens is 2. The van der Waals surface area contributed by atoms with Gasteiger partial charge in [-0.25, -0.2) is 0 Å². The van der Waals surface area contributed by atoms with Gasteiger partial charge in [0.15, 0.2) is 0 Å². The van der Waals surface area contributed by atoms with E-state index in [2.05, 4.69) is 15.2 Å². The second-order valence-corrected chi connectivity index (χ2v) is 5.06. The van der Waals surface area contributed by atoms with Crippen LogP contribution in [0.4, 0.5) is 18.9 Å². The molecule has 0 fully saturated rings. The molecule has 0 saturated carbocycles. The number of carbonyl (C=O) groups excluding carboxylic acids is 1. The lowest BCUT2D eigenvalue weighted by Gasteiger charge is -2.09. The Morgan fingerprint density at radius 1 is 1.24 bits per heavy atom. The molecule has 0 saturated heterocycles. The van der Waals surface area contributed by atoms with E-state index in [1.54, 1.807) is 0 Å². The average molecular weight is 357 g/mol. The van der Waals surface area contributed by atoms with Gasteiger partial charge in [-0.3, -0.25) is 14.3 Å². The highest BCUT2D eigenvalue weighted by molar-refractivity contribution is 5.90. The lowest BCUT2D eigenvalue weighted by Crippen LogP contribution is -2.17. The van der Waals surface area contributed by atoms with E-state index in [4.69, 9.17) is 5.11 Å². The predicted octanol–water partition coefficient (Wildman–Crippen LogP) is 2.44. The smallest absolute Gasteiger partial charge is 0.480 e. The molecular weight excluding hydrogens is 343 g/mol. The first-order chi connectivity index (χ1) is 11.7. The maximum Gasteiger partial charge on any atom is 0.573 e. The number of hydrogen-bond donors (Lipinski definition) is 2. The van der Waals surface area contributed by atoms with Gasteiger partial charge in [0, 0.05) is 12.6 Å². The zero-order valence-electron chi connectivity index (χ0n) is 12.8. The number of aryl methyl sites for hydroxylation is 1. The molecule has 2 aromatic rings. The van der Waals surface area contributed by atoms with Gasteiger partial charge in [-0.05, 0) is 24.1 Å². The highest BCUT2D eigenvalue weighted by Crippen LogP contribution is 2.23. The molecule has 1 amide bonds. The molecule has 7 nitrogen and oxygen atoms in total. The fourth-order valence-electron chi connectivity index (χ4n) is 1.99. The minimum absolute atomic E-state index is 0.101. The lowest BCUT2D eigenvalue weighted by molar-refractivity contribution is -0.274. The van der Waals surface area contributed by atoms with Crippen LogP contribution in [0.5, 0.6) is 5.75 Å². The molecule has 0 aliphatic heterocycles. The van der Waals surface area contributed by atoms with Gasteiger partial charge in [0.1, 0.15) is 12.3 Å². The second kappa shape index (κ2) is 7.69. The number of benzene rings is 1. The first kappa shape index (κ1) is 18.3. The summed E-state index contributed by atoms with van der Waals surface area (Å²) in [6.07, 6.45) is -1.61. The standard InChI is InChI=1S/C15H14F3N3O4/c16-15(17,18)25-12-4-1-10(2-5-12)3-6-13(22)20-11-7-19-21(8-11)9-14(23)24/h1-2,4-5,7-8H,3,6,9H2,(H,20,22)(H,23,24). The number of ether oxygens (including phenoxy) is 1. The molecule has 2 N–H and O–H groups in total. The van der Waals surface area contributed by atoms with Crippen LogP contribution in [0.1, 0.15) is 12.0 Å². The van der Waals surface area contributed by atoms with Gasteiger partial charge in [0.2, 0.25) is 5.91 Å². The summed E-state index contributed by atoms with van der Waals surface area (Å²) in [5, 5.41) is 15.0. The number of anilines is 1. The minimum atomic E-state index is -4.74. The van der Waals surface area contributed by atoms with Crippen molar-refractivity contribution in [1.29, 1.82) is 0 Å². The maximum atomic E-state index is 12.1. The third kappa shape index (κ3) is 6.53. The van der Waals surface area contributed by atoms with E-state index in [0.29, 0.717) is 17.7 Å². The molecule has 1 aromatic heterocycles. The van der Waals surface area contributed by atoms with Gasteiger partial charge in [-0.2, -0.15) is 5.10 Å². The lowest BCUT2D eigenvalue weighted by atomic mass is 10.1. The molecule has 0 atom stereocenters. The molecular formula is C15H14F3N3O4. The fraction of sp³-hybridized carbons (Fsp3) is 0.267. The van der Waals surface area contributed by atoms with Gasteiger partial charge in [-0.1, -0.05) is 12.1 Å². The topological polar surface area (TPSA) is 93.5 Å².